The van der Waals surface area contributed by atoms with E-state index in [4.69, 9.17) is 5.11 Å². The maximum absolute atomic E-state index is 10.7. The first-order valence-electron chi connectivity index (χ1n) is 4.15. The minimum atomic E-state index is -1.12. The van der Waals surface area contributed by atoms with Gasteiger partial charge in [0.05, 0.1) is 11.6 Å². The van der Waals surface area contributed by atoms with Gasteiger partial charge in [-0.05, 0) is 44.8 Å². The van der Waals surface area contributed by atoms with Crippen molar-refractivity contribution in [2.75, 3.05) is 0 Å². The van der Waals surface area contributed by atoms with Crippen molar-refractivity contribution >= 4 is 37.8 Å². The second-order valence-electron chi connectivity index (χ2n) is 3.09. The van der Waals surface area contributed by atoms with E-state index in [9.17, 15) is 9.90 Å². The normalized spacial score (nSPS) is 14.7. The van der Waals surface area contributed by atoms with Crippen LogP contribution in [0.25, 0.3) is 0 Å². The summed E-state index contributed by atoms with van der Waals surface area (Å²) in [6.45, 7) is 1.43. The zero-order valence-corrected chi connectivity index (χ0v) is 11.0. The van der Waals surface area contributed by atoms with Gasteiger partial charge in [-0.25, -0.2) is 0 Å². The number of aliphatic carboxylic acids is 1. The number of carboxylic acids is 1. The number of aliphatic hydroxyl groups is 1. The fraction of sp³-hybridized carbons (Fsp3) is 0.333. The maximum Gasteiger partial charge on any atom is 0.309 e. The van der Waals surface area contributed by atoms with E-state index < -0.39 is 18.0 Å². The Morgan fingerprint density at radius 1 is 1.53 bits per heavy atom. The van der Waals surface area contributed by atoms with Crippen LogP contribution in [0.1, 0.15) is 18.7 Å². The molecular formula is C9H9Br2NO3. The molecule has 0 aliphatic rings. The molecule has 0 saturated carbocycles. The number of hydrogen-bond acceptors (Lipinski definition) is 3. The third-order valence-corrected chi connectivity index (χ3v) is 3.05. The van der Waals surface area contributed by atoms with E-state index in [-0.39, 0.29) is 0 Å². The van der Waals surface area contributed by atoms with Crippen molar-refractivity contribution in [1.82, 2.24) is 4.98 Å². The lowest BCUT2D eigenvalue weighted by atomic mass is 10.0. The molecule has 1 aromatic heterocycles. The van der Waals surface area contributed by atoms with E-state index in [0.717, 1.165) is 4.47 Å². The molecule has 0 spiro atoms. The highest BCUT2D eigenvalue weighted by atomic mass is 79.9. The second-order valence-corrected chi connectivity index (χ2v) is 4.86. The number of aliphatic hydroxyl groups excluding tert-OH is 1. The van der Waals surface area contributed by atoms with E-state index in [0.29, 0.717) is 10.2 Å². The van der Waals surface area contributed by atoms with Gasteiger partial charge in [-0.3, -0.25) is 9.78 Å². The van der Waals surface area contributed by atoms with Crippen molar-refractivity contribution in [2.24, 2.45) is 5.92 Å². The molecule has 0 aliphatic heterocycles. The Morgan fingerprint density at radius 2 is 2.13 bits per heavy atom. The van der Waals surface area contributed by atoms with Crippen LogP contribution in [0.4, 0.5) is 0 Å². The average molecular weight is 339 g/mol. The van der Waals surface area contributed by atoms with Crippen LogP contribution in [-0.4, -0.2) is 21.2 Å². The predicted molar refractivity (Wildman–Crippen MR) is 61.4 cm³/mol. The first-order chi connectivity index (χ1) is 6.93. The van der Waals surface area contributed by atoms with Gasteiger partial charge in [0.1, 0.15) is 6.10 Å². The molecule has 1 aromatic rings. The van der Waals surface area contributed by atoms with E-state index in [1.165, 1.54) is 13.1 Å². The highest BCUT2D eigenvalue weighted by Crippen LogP contribution is 2.28. The van der Waals surface area contributed by atoms with E-state index >= 15 is 0 Å². The van der Waals surface area contributed by atoms with Gasteiger partial charge in [-0.1, -0.05) is 0 Å². The summed E-state index contributed by atoms with van der Waals surface area (Å²) in [6.07, 6.45) is 0.391. The van der Waals surface area contributed by atoms with Gasteiger partial charge >= 0.3 is 5.97 Å². The lowest BCUT2D eigenvalue weighted by Gasteiger charge is -2.15. The molecule has 4 nitrogen and oxygen atoms in total. The Hall–Kier alpha value is -0.460. The lowest BCUT2D eigenvalue weighted by Crippen LogP contribution is -2.19. The summed E-state index contributed by atoms with van der Waals surface area (Å²) >= 11 is 6.44. The zero-order chi connectivity index (χ0) is 11.6. The summed E-state index contributed by atoms with van der Waals surface area (Å²) in [5.41, 5.74) is 0.327. The van der Waals surface area contributed by atoms with Crippen molar-refractivity contribution < 1.29 is 15.0 Å². The third kappa shape index (κ3) is 2.99. The van der Waals surface area contributed by atoms with E-state index in [1.807, 2.05) is 0 Å². The number of hydrogen-bond donors (Lipinski definition) is 2. The number of rotatable bonds is 3. The Kier molecular flexibility index (Phi) is 4.24. The molecule has 2 N–H and O–H groups in total. The molecule has 2 unspecified atom stereocenters. The van der Waals surface area contributed by atoms with Crippen LogP contribution in [0.2, 0.25) is 0 Å². The van der Waals surface area contributed by atoms with Gasteiger partial charge in [-0.2, -0.15) is 0 Å². The smallest absolute Gasteiger partial charge is 0.309 e. The summed E-state index contributed by atoms with van der Waals surface area (Å²) in [5.74, 6) is -1.95. The molecule has 6 heteroatoms. The van der Waals surface area contributed by atoms with Crippen LogP contribution in [0.3, 0.4) is 0 Å². The molecule has 0 bridgehead atoms. The summed E-state index contributed by atoms with van der Waals surface area (Å²) in [6, 6.07) is 1.71. The van der Waals surface area contributed by atoms with Gasteiger partial charge in [-0.15, -0.1) is 0 Å². The zero-order valence-electron chi connectivity index (χ0n) is 7.82. The Bertz CT molecular complexity index is 384. The third-order valence-electron chi connectivity index (χ3n) is 1.98. The van der Waals surface area contributed by atoms with Crippen LogP contribution < -0.4 is 0 Å². The van der Waals surface area contributed by atoms with Crippen LogP contribution in [-0.2, 0) is 4.79 Å². The molecule has 82 valence electrons. The monoisotopic (exact) mass is 337 g/mol. The molecule has 1 heterocycles. The summed E-state index contributed by atoms with van der Waals surface area (Å²) in [4.78, 5) is 14.7. The van der Waals surface area contributed by atoms with Crippen molar-refractivity contribution in [3.05, 3.63) is 26.9 Å². The van der Waals surface area contributed by atoms with Crippen molar-refractivity contribution in [1.29, 1.82) is 0 Å². The van der Waals surface area contributed by atoms with Crippen LogP contribution in [0, 0.1) is 5.92 Å². The van der Waals surface area contributed by atoms with Crippen molar-refractivity contribution in [2.45, 2.75) is 13.0 Å². The molecular weight excluding hydrogens is 330 g/mol. The fourth-order valence-electron chi connectivity index (χ4n) is 1.01. The van der Waals surface area contributed by atoms with Gasteiger partial charge in [0.25, 0.3) is 0 Å². The van der Waals surface area contributed by atoms with Crippen molar-refractivity contribution in [3.8, 4) is 0 Å². The number of aromatic nitrogens is 1. The van der Waals surface area contributed by atoms with Crippen molar-refractivity contribution in [3.63, 3.8) is 0 Å². The largest absolute Gasteiger partial charge is 0.481 e. The Labute approximate surface area is 104 Å². The van der Waals surface area contributed by atoms with Crippen LogP contribution in [0.15, 0.2) is 21.2 Å². The summed E-state index contributed by atoms with van der Waals surface area (Å²) in [5, 5.41) is 18.5. The molecule has 0 fully saturated rings. The standard InChI is InChI=1S/C9H9Br2NO3/c1-4(9(14)15)8(13)7-6(11)2-5(10)3-12-7/h2-4,8,13H,1H3,(H,14,15). The Balaban J connectivity index is 3.01. The highest BCUT2D eigenvalue weighted by Gasteiger charge is 2.25. The quantitative estimate of drug-likeness (QED) is 0.887. The van der Waals surface area contributed by atoms with Gasteiger partial charge in [0.2, 0.25) is 0 Å². The highest BCUT2D eigenvalue weighted by molar-refractivity contribution is 9.11. The SMILES string of the molecule is CC(C(=O)O)C(O)c1ncc(Br)cc1Br. The maximum atomic E-state index is 10.7. The number of nitrogens with zero attached hydrogens (tertiary/aromatic N) is 1. The molecule has 0 aromatic carbocycles. The minimum absolute atomic E-state index is 0.327. The summed E-state index contributed by atoms with van der Waals surface area (Å²) in [7, 11) is 0. The minimum Gasteiger partial charge on any atom is -0.481 e. The molecule has 15 heavy (non-hydrogen) atoms. The molecule has 0 amide bonds. The van der Waals surface area contributed by atoms with Crippen LogP contribution >= 0.6 is 31.9 Å². The van der Waals surface area contributed by atoms with Gasteiger partial charge in [0, 0.05) is 15.1 Å². The number of carboxylic acid groups (broad SMARTS) is 1. The predicted octanol–water partition coefficient (Wildman–Crippen LogP) is 2.36. The van der Waals surface area contributed by atoms with Crippen LogP contribution in [0.5, 0.6) is 0 Å². The first-order valence-corrected chi connectivity index (χ1v) is 5.74. The van der Waals surface area contributed by atoms with Gasteiger partial charge in [0.15, 0.2) is 0 Å². The second kappa shape index (κ2) is 5.05. The fourth-order valence-corrected chi connectivity index (χ4v) is 2.24. The molecule has 1 rings (SSSR count). The first kappa shape index (κ1) is 12.6. The Morgan fingerprint density at radius 3 is 2.60 bits per heavy atom. The number of halogens is 2. The average Bonchev–Trinajstić information content (AvgIpc) is 2.15. The topological polar surface area (TPSA) is 70.4 Å². The van der Waals surface area contributed by atoms with E-state index in [1.54, 1.807) is 6.07 Å². The molecule has 0 radical (unpaired) electrons. The molecule has 0 saturated heterocycles. The number of pyridine rings is 1. The van der Waals surface area contributed by atoms with E-state index in [2.05, 4.69) is 36.8 Å². The van der Waals surface area contributed by atoms with Gasteiger partial charge < -0.3 is 10.2 Å². The lowest BCUT2D eigenvalue weighted by molar-refractivity contribution is -0.145. The summed E-state index contributed by atoms with van der Waals surface area (Å²) < 4.78 is 1.34. The number of carbonyl (C=O) groups is 1. The molecule has 0 aliphatic carbocycles. The molecule has 2 atom stereocenters.